The molecular formula is C28H39N7. The summed E-state index contributed by atoms with van der Waals surface area (Å²) in [5, 5.41) is 10.2. The lowest BCUT2D eigenvalue weighted by atomic mass is 10.1. The fourth-order valence-corrected chi connectivity index (χ4v) is 4.83. The smallest absolute Gasteiger partial charge is 0.204 e. The summed E-state index contributed by atoms with van der Waals surface area (Å²) in [5.41, 5.74) is 3.93. The van der Waals surface area contributed by atoms with Gasteiger partial charge in [0.25, 0.3) is 0 Å². The van der Waals surface area contributed by atoms with Crippen LogP contribution in [0.1, 0.15) is 31.4 Å². The molecule has 3 heterocycles. The summed E-state index contributed by atoms with van der Waals surface area (Å²) < 4.78 is 0. The average Bonchev–Trinajstić information content (AvgIpc) is 2.91. The Morgan fingerprint density at radius 1 is 0.857 bits per heavy atom. The van der Waals surface area contributed by atoms with Crippen molar-refractivity contribution in [1.29, 1.82) is 0 Å². The molecule has 0 aromatic heterocycles. The molecule has 0 bridgehead atoms. The van der Waals surface area contributed by atoms with Crippen molar-refractivity contribution in [1.82, 2.24) is 25.0 Å². The zero-order valence-corrected chi connectivity index (χ0v) is 21.6. The molecule has 0 radical (unpaired) electrons. The van der Waals surface area contributed by atoms with Crippen LogP contribution in [-0.2, 0) is 13.1 Å². The second-order valence-corrected chi connectivity index (χ2v) is 8.92. The molecule has 3 aliphatic heterocycles. The van der Waals surface area contributed by atoms with Crippen LogP contribution in [0.4, 0.5) is 0 Å². The number of hydrogen-bond donors (Lipinski definition) is 1. The van der Waals surface area contributed by atoms with Crippen molar-refractivity contribution < 1.29 is 0 Å². The summed E-state index contributed by atoms with van der Waals surface area (Å²) in [6.45, 7) is 9.82. The maximum atomic E-state index is 5.11. The molecule has 2 aromatic carbocycles. The number of aliphatic imine (C=N–C) groups is 1. The van der Waals surface area contributed by atoms with Gasteiger partial charge < -0.3 is 9.80 Å². The number of nitrogens with one attached hydrogen (secondary N) is 1. The molecule has 2 aromatic rings. The van der Waals surface area contributed by atoms with Gasteiger partial charge in [-0.2, -0.15) is 10.1 Å². The van der Waals surface area contributed by atoms with Crippen molar-refractivity contribution in [3.8, 4) is 0 Å². The minimum absolute atomic E-state index is 0.0873. The first kappa shape index (κ1) is 24.9. The second-order valence-electron chi connectivity index (χ2n) is 8.92. The molecule has 0 saturated carbocycles. The Hall–Kier alpha value is -3.16. The quantitative estimate of drug-likeness (QED) is 0.716. The third-order valence-corrected chi connectivity index (χ3v) is 6.65. The lowest BCUT2D eigenvalue weighted by Gasteiger charge is -2.45. The number of hydrazone groups is 1. The average molecular weight is 474 g/mol. The molecule has 3 aliphatic rings. The maximum absolute atomic E-state index is 5.11. The van der Waals surface area contributed by atoms with Gasteiger partial charge in [-0.3, -0.25) is 15.2 Å². The Bertz CT molecular complexity index is 1020. The van der Waals surface area contributed by atoms with Crippen LogP contribution in [0.25, 0.3) is 0 Å². The molecule has 7 heteroatoms. The van der Waals surface area contributed by atoms with Gasteiger partial charge in [-0.1, -0.05) is 74.5 Å². The van der Waals surface area contributed by atoms with E-state index in [-0.39, 0.29) is 6.17 Å². The normalized spacial score (nSPS) is 20.3. The van der Waals surface area contributed by atoms with Crippen LogP contribution in [0.15, 0.2) is 82.2 Å². The highest BCUT2D eigenvalue weighted by atomic mass is 15.5. The minimum atomic E-state index is 0.0873. The molecule has 35 heavy (non-hydrogen) atoms. The molecule has 1 fully saturated rings. The van der Waals surface area contributed by atoms with Gasteiger partial charge in [-0.25, -0.2) is 0 Å². The number of likely N-dealkylation sites (N-methyl/N-ethyl adjacent to an activating group) is 1. The molecule has 1 unspecified atom stereocenters. The second kappa shape index (κ2) is 12.0. The molecule has 0 amide bonds. The third kappa shape index (κ3) is 5.92. The van der Waals surface area contributed by atoms with Gasteiger partial charge in [-0.15, -0.1) is 0 Å². The Kier molecular flexibility index (Phi) is 8.55. The van der Waals surface area contributed by atoms with E-state index in [0.29, 0.717) is 0 Å². The van der Waals surface area contributed by atoms with Gasteiger partial charge in [0, 0.05) is 71.6 Å². The molecular weight excluding hydrogens is 434 g/mol. The van der Waals surface area contributed by atoms with Gasteiger partial charge in [0.05, 0.1) is 0 Å². The van der Waals surface area contributed by atoms with E-state index >= 15 is 0 Å². The summed E-state index contributed by atoms with van der Waals surface area (Å²) in [5.74, 6) is 2.01. The molecule has 1 saturated heterocycles. The zero-order valence-electron chi connectivity index (χ0n) is 21.6. The maximum Gasteiger partial charge on any atom is 0.204 e. The number of piperazine rings is 1. The minimum Gasteiger partial charge on any atom is -0.340 e. The van der Waals surface area contributed by atoms with Crippen LogP contribution in [0.3, 0.4) is 0 Å². The van der Waals surface area contributed by atoms with Crippen LogP contribution >= 0.6 is 0 Å². The van der Waals surface area contributed by atoms with Crippen LogP contribution in [0.5, 0.6) is 0 Å². The van der Waals surface area contributed by atoms with Crippen LogP contribution in [0, 0.1) is 0 Å². The Morgan fingerprint density at radius 3 is 2.14 bits per heavy atom. The fourth-order valence-electron chi connectivity index (χ4n) is 4.83. The number of benzene rings is 2. The van der Waals surface area contributed by atoms with Crippen LogP contribution in [-0.4, -0.2) is 78.3 Å². The first-order valence-electron chi connectivity index (χ1n) is 12.8. The van der Waals surface area contributed by atoms with E-state index in [1.807, 2.05) is 32.1 Å². The molecule has 7 nitrogen and oxygen atoms in total. The monoisotopic (exact) mass is 473 g/mol. The summed E-state index contributed by atoms with van der Waals surface area (Å²) in [4.78, 5) is 12.4. The van der Waals surface area contributed by atoms with Gasteiger partial charge in [-0.05, 0) is 11.1 Å². The molecule has 1 atom stereocenters. The van der Waals surface area contributed by atoms with Crippen molar-refractivity contribution in [3.63, 3.8) is 0 Å². The highest BCUT2D eigenvalue weighted by molar-refractivity contribution is 5.83. The number of hydrogen-bond acceptors (Lipinski definition) is 7. The molecule has 0 spiro atoms. The van der Waals surface area contributed by atoms with E-state index in [1.54, 1.807) is 0 Å². The topological polar surface area (TPSA) is 49.7 Å². The number of guanidine groups is 1. The van der Waals surface area contributed by atoms with Gasteiger partial charge in [0.2, 0.25) is 5.96 Å². The van der Waals surface area contributed by atoms with Crippen LogP contribution in [0.2, 0.25) is 0 Å². The molecule has 186 valence electrons. The largest absolute Gasteiger partial charge is 0.340 e. The fraction of sp³-hybridized carbons (Fsp3) is 0.429. The van der Waals surface area contributed by atoms with Crippen molar-refractivity contribution in [2.75, 3.05) is 40.3 Å². The van der Waals surface area contributed by atoms with Crippen LogP contribution < -0.4 is 5.32 Å². The van der Waals surface area contributed by atoms with E-state index in [0.717, 1.165) is 57.5 Å². The zero-order chi connectivity index (χ0) is 24.6. The Balaban J connectivity index is 0.00000141. The third-order valence-electron chi connectivity index (χ3n) is 6.65. The van der Waals surface area contributed by atoms with Crippen molar-refractivity contribution in [3.05, 3.63) is 83.2 Å². The van der Waals surface area contributed by atoms with Crippen molar-refractivity contribution in [2.45, 2.75) is 39.5 Å². The van der Waals surface area contributed by atoms with Gasteiger partial charge in [0.15, 0.2) is 5.82 Å². The van der Waals surface area contributed by atoms with Crippen molar-refractivity contribution >= 4 is 12.2 Å². The molecule has 5 rings (SSSR count). The predicted octanol–water partition coefficient (Wildman–Crippen LogP) is 3.78. The van der Waals surface area contributed by atoms with Gasteiger partial charge in [0.1, 0.15) is 6.17 Å². The lowest BCUT2D eigenvalue weighted by Crippen LogP contribution is -2.59. The highest BCUT2D eigenvalue weighted by Gasteiger charge is 2.35. The SMILES string of the molecule is CC.CN1N=CCC2=C1N=C(N1CCN(Cc3ccccc3)CC1)N(C)C2NCc1ccccc1. The van der Waals surface area contributed by atoms with Gasteiger partial charge >= 0.3 is 0 Å². The van der Waals surface area contributed by atoms with E-state index in [2.05, 4.69) is 92.8 Å². The molecule has 0 aliphatic carbocycles. The number of rotatable bonds is 5. The van der Waals surface area contributed by atoms with E-state index in [4.69, 9.17) is 4.99 Å². The standard InChI is InChI=1S/C26H33N7.C2H6/c1-30-24(27-19-21-9-5-3-6-10-21)23-13-14-28-31(2)25(23)29-26(30)33-17-15-32(16-18-33)20-22-11-7-4-8-12-22;1-2/h3-12,14,24,27H,13,15-20H2,1-2H3;1-2H3. The summed E-state index contributed by atoms with van der Waals surface area (Å²) >= 11 is 0. The molecule has 1 N–H and O–H groups in total. The van der Waals surface area contributed by atoms with E-state index in [1.165, 1.54) is 16.7 Å². The van der Waals surface area contributed by atoms with E-state index < -0.39 is 0 Å². The first-order chi connectivity index (χ1) is 17.2. The highest BCUT2D eigenvalue weighted by Crippen LogP contribution is 2.28. The Morgan fingerprint density at radius 2 is 1.49 bits per heavy atom. The Labute approximate surface area is 210 Å². The predicted molar refractivity (Wildman–Crippen MR) is 145 cm³/mol. The van der Waals surface area contributed by atoms with E-state index in [9.17, 15) is 0 Å². The number of nitrogens with zero attached hydrogens (tertiary/aromatic N) is 6. The lowest BCUT2D eigenvalue weighted by molar-refractivity contribution is 0.156. The first-order valence-corrected chi connectivity index (χ1v) is 12.8. The summed E-state index contributed by atoms with van der Waals surface area (Å²) in [7, 11) is 4.15. The summed E-state index contributed by atoms with van der Waals surface area (Å²) in [6, 6.07) is 21.3. The van der Waals surface area contributed by atoms with Crippen molar-refractivity contribution in [2.24, 2.45) is 10.1 Å². The summed E-state index contributed by atoms with van der Waals surface area (Å²) in [6.07, 6.45) is 2.88.